The van der Waals surface area contributed by atoms with Gasteiger partial charge in [-0.1, -0.05) is 44.1 Å². The van der Waals surface area contributed by atoms with Crippen LogP contribution in [0.15, 0.2) is 63.2 Å². The second kappa shape index (κ2) is 7.86. The van der Waals surface area contributed by atoms with Gasteiger partial charge in [0, 0.05) is 29.3 Å². The fraction of sp³-hybridized carbons (Fsp3) is 0.391. The summed E-state index contributed by atoms with van der Waals surface area (Å²) in [6.07, 6.45) is 15.6. The highest BCUT2D eigenvalue weighted by atomic mass is 16.1. The third kappa shape index (κ3) is 3.87. The number of hydrogen-bond acceptors (Lipinski definition) is 2. The number of pyridine rings is 1. The zero-order chi connectivity index (χ0) is 18.7. The van der Waals surface area contributed by atoms with Gasteiger partial charge in [0.25, 0.3) is 5.56 Å². The van der Waals surface area contributed by atoms with E-state index in [0.29, 0.717) is 5.92 Å². The van der Waals surface area contributed by atoms with E-state index in [1.54, 1.807) is 6.20 Å². The molecule has 0 amide bonds. The molecule has 136 valence electrons. The van der Waals surface area contributed by atoms with Crippen molar-refractivity contribution in [1.82, 2.24) is 4.98 Å². The van der Waals surface area contributed by atoms with E-state index < -0.39 is 0 Å². The van der Waals surface area contributed by atoms with E-state index in [9.17, 15) is 4.79 Å². The minimum absolute atomic E-state index is 0.000275. The number of allylic oxidation sites excluding steroid dienone is 6. The van der Waals surface area contributed by atoms with E-state index in [-0.39, 0.29) is 11.5 Å². The molecule has 0 saturated carbocycles. The van der Waals surface area contributed by atoms with Gasteiger partial charge < -0.3 is 4.98 Å². The van der Waals surface area contributed by atoms with Crippen LogP contribution in [0, 0.1) is 5.92 Å². The van der Waals surface area contributed by atoms with Gasteiger partial charge in [-0.25, -0.2) is 0 Å². The Morgan fingerprint density at radius 2 is 2.00 bits per heavy atom. The molecular formula is C23H28N2O. The highest BCUT2D eigenvalue weighted by molar-refractivity contribution is 5.98. The Hall–Kier alpha value is -2.42. The average molecular weight is 348 g/mol. The molecule has 1 aromatic heterocycles. The third-order valence-electron chi connectivity index (χ3n) is 5.32. The van der Waals surface area contributed by atoms with E-state index in [0.717, 1.165) is 41.8 Å². The Morgan fingerprint density at radius 3 is 2.77 bits per heavy atom. The number of fused-ring (bicyclic) bond motifs is 1. The average Bonchev–Trinajstić information content (AvgIpc) is 2.74. The van der Waals surface area contributed by atoms with Gasteiger partial charge in [-0.2, -0.15) is 0 Å². The highest BCUT2D eigenvalue weighted by Crippen LogP contribution is 2.32. The highest BCUT2D eigenvalue weighted by Gasteiger charge is 2.20. The standard InChI is InChI=1S/C23H28N2O/c1-5-18-13-20(14-19-10-11-24-23(26)22(19)17(18)4)25-21-12-15(2)8-6-7-9-16(21)3/h6-7,10-14,16-17H,5,8-9H2,1-4H3,(H,24,26)/b7-6+,15-12-,25-21?. The van der Waals surface area contributed by atoms with Crippen LogP contribution in [-0.2, 0) is 0 Å². The molecule has 0 aliphatic heterocycles. The van der Waals surface area contributed by atoms with Gasteiger partial charge in [0.1, 0.15) is 0 Å². The van der Waals surface area contributed by atoms with E-state index in [1.807, 2.05) is 6.07 Å². The molecule has 26 heavy (non-hydrogen) atoms. The normalized spacial score (nSPS) is 28.0. The smallest absolute Gasteiger partial charge is 0.252 e. The Morgan fingerprint density at radius 1 is 1.19 bits per heavy atom. The molecule has 0 fully saturated rings. The lowest BCUT2D eigenvalue weighted by atomic mass is 9.90. The monoisotopic (exact) mass is 348 g/mol. The van der Waals surface area contributed by atoms with Crippen molar-refractivity contribution in [2.24, 2.45) is 10.9 Å². The molecule has 0 spiro atoms. The number of nitrogens with one attached hydrogen (secondary N) is 1. The number of aliphatic imine (C=N–C) groups is 1. The summed E-state index contributed by atoms with van der Waals surface area (Å²) in [6, 6.07) is 1.98. The first kappa shape index (κ1) is 18.4. The van der Waals surface area contributed by atoms with Crippen molar-refractivity contribution >= 4 is 11.8 Å². The summed E-state index contributed by atoms with van der Waals surface area (Å²) in [4.78, 5) is 20.2. The fourth-order valence-corrected chi connectivity index (χ4v) is 3.69. The van der Waals surface area contributed by atoms with Gasteiger partial charge in [-0.05, 0) is 56.0 Å². The summed E-state index contributed by atoms with van der Waals surface area (Å²) >= 11 is 0. The topological polar surface area (TPSA) is 45.2 Å². The first-order chi connectivity index (χ1) is 12.5. The van der Waals surface area contributed by atoms with Gasteiger partial charge in [-0.15, -0.1) is 0 Å². The Balaban J connectivity index is 2.13. The zero-order valence-electron chi connectivity index (χ0n) is 16.2. The largest absolute Gasteiger partial charge is 0.329 e. The molecular weight excluding hydrogens is 320 g/mol. The van der Waals surface area contributed by atoms with Crippen LogP contribution in [0.2, 0.25) is 0 Å². The van der Waals surface area contributed by atoms with Crippen LogP contribution in [0.25, 0.3) is 6.08 Å². The summed E-state index contributed by atoms with van der Waals surface area (Å²) in [5, 5.41) is 0. The van der Waals surface area contributed by atoms with Crippen LogP contribution in [0.1, 0.15) is 64.0 Å². The number of H-pyrrole nitrogens is 1. The minimum Gasteiger partial charge on any atom is -0.329 e. The van der Waals surface area contributed by atoms with Crippen LogP contribution in [-0.4, -0.2) is 10.7 Å². The van der Waals surface area contributed by atoms with Gasteiger partial charge >= 0.3 is 0 Å². The van der Waals surface area contributed by atoms with Crippen molar-refractivity contribution in [3.8, 4) is 0 Å². The van der Waals surface area contributed by atoms with E-state index in [1.165, 1.54) is 11.1 Å². The molecule has 1 N–H and O–H groups in total. The number of nitrogens with zero attached hydrogens (tertiary/aromatic N) is 1. The molecule has 3 heteroatoms. The summed E-state index contributed by atoms with van der Waals surface area (Å²) in [5.74, 6) is 0.476. The van der Waals surface area contributed by atoms with E-state index in [4.69, 9.17) is 4.99 Å². The maximum Gasteiger partial charge on any atom is 0.252 e. The van der Waals surface area contributed by atoms with Crippen molar-refractivity contribution in [2.75, 3.05) is 0 Å². The van der Waals surface area contributed by atoms with Gasteiger partial charge in [0.15, 0.2) is 0 Å². The second-order valence-corrected chi connectivity index (χ2v) is 7.38. The van der Waals surface area contributed by atoms with Crippen LogP contribution < -0.4 is 5.56 Å². The molecule has 2 unspecified atom stereocenters. The van der Waals surface area contributed by atoms with E-state index in [2.05, 4.69) is 63.1 Å². The maximum atomic E-state index is 12.4. The molecule has 2 atom stereocenters. The van der Waals surface area contributed by atoms with Crippen LogP contribution in [0.5, 0.6) is 0 Å². The molecule has 0 bridgehead atoms. The lowest BCUT2D eigenvalue weighted by Gasteiger charge is -2.15. The first-order valence-corrected chi connectivity index (χ1v) is 9.54. The molecule has 0 radical (unpaired) electrons. The third-order valence-corrected chi connectivity index (χ3v) is 5.32. The summed E-state index contributed by atoms with van der Waals surface area (Å²) in [6.45, 7) is 8.63. The summed E-state index contributed by atoms with van der Waals surface area (Å²) in [7, 11) is 0. The molecule has 0 saturated heterocycles. The van der Waals surface area contributed by atoms with Crippen LogP contribution >= 0.6 is 0 Å². The van der Waals surface area contributed by atoms with E-state index >= 15 is 0 Å². The number of rotatable bonds is 2. The Labute approximate surface area is 156 Å². The van der Waals surface area contributed by atoms with Crippen molar-refractivity contribution in [1.29, 1.82) is 0 Å². The van der Waals surface area contributed by atoms with Crippen molar-refractivity contribution in [3.05, 3.63) is 74.9 Å². The molecule has 2 aliphatic carbocycles. The Bertz CT molecular complexity index is 893. The maximum absolute atomic E-state index is 12.4. The first-order valence-electron chi connectivity index (χ1n) is 9.54. The predicted molar refractivity (Wildman–Crippen MR) is 111 cm³/mol. The SMILES string of the molecule is CCC1=CC(N=C2/C=C(/C)C/C=C/CC2C)=Cc2cc[nH]c(=O)c2C1C. The molecule has 1 heterocycles. The molecule has 2 aliphatic rings. The Kier molecular flexibility index (Phi) is 5.55. The molecule has 3 rings (SSSR count). The second-order valence-electron chi connectivity index (χ2n) is 7.38. The van der Waals surface area contributed by atoms with Crippen LogP contribution in [0.3, 0.4) is 0 Å². The minimum atomic E-state index is -0.000275. The van der Waals surface area contributed by atoms with Gasteiger partial charge in [-0.3, -0.25) is 9.79 Å². The number of aromatic nitrogens is 1. The lowest BCUT2D eigenvalue weighted by Crippen LogP contribution is -2.16. The molecule has 3 nitrogen and oxygen atoms in total. The quantitative estimate of drug-likeness (QED) is 0.700. The molecule has 0 aromatic carbocycles. The lowest BCUT2D eigenvalue weighted by molar-refractivity contribution is 0.786. The van der Waals surface area contributed by atoms with Crippen molar-refractivity contribution < 1.29 is 0 Å². The number of hydrogen-bond donors (Lipinski definition) is 1. The number of aromatic amines is 1. The van der Waals surface area contributed by atoms with Crippen LogP contribution in [0.4, 0.5) is 0 Å². The van der Waals surface area contributed by atoms with Crippen molar-refractivity contribution in [2.45, 2.75) is 52.9 Å². The predicted octanol–water partition coefficient (Wildman–Crippen LogP) is 5.54. The summed E-state index contributed by atoms with van der Waals surface area (Å²) in [5.41, 5.74) is 6.44. The summed E-state index contributed by atoms with van der Waals surface area (Å²) < 4.78 is 0. The fourth-order valence-electron chi connectivity index (χ4n) is 3.69. The van der Waals surface area contributed by atoms with Gasteiger partial charge in [0.05, 0.1) is 5.70 Å². The van der Waals surface area contributed by atoms with Gasteiger partial charge in [0.2, 0.25) is 0 Å². The molecule has 1 aromatic rings. The van der Waals surface area contributed by atoms with Crippen molar-refractivity contribution in [3.63, 3.8) is 0 Å². The zero-order valence-corrected chi connectivity index (χ0v) is 16.2.